The molecule has 0 aliphatic carbocycles. The number of H-pyrrole nitrogens is 1. The van der Waals surface area contributed by atoms with Crippen LogP contribution in [0.25, 0.3) is 0 Å². The first-order valence-electron chi connectivity index (χ1n) is 8.06. The predicted molar refractivity (Wildman–Crippen MR) is 94.5 cm³/mol. The molecule has 11 heteroatoms. The molecule has 0 bridgehead atoms. The summed E-state index contributed by atoms with van der Waals surface area (Å²) in [6.45, 7) is 1.23. The van der Waals surface area contributed by atoms with E-state index in [1.165, 1.54) is 13.1 Å². The smallest absolute Gasteiger partial charge is 0.388 e. The largest absolute Gasteiger partial charge is 0.750 e. The fraction of sp³-hybridized carbons (Fsp3) is 0.375. The number of ether oxygens (including phenoxy) is 1. The van der Waals surface area contributed by atoms with Gasteiger partial charge >= 0.3 is 13.9 Å². The fourth-order valence-corrected chi connectivity index (χ4v) is 3.38. The van der Waals surface area contributed by atoms with Crippen molar-refractivity contribution < 1.29 is 23.5 Å². The topological polar surface area (TPSA) is 146 Å². The second-order valence-electron chi connectivity index (χ2n) is 6.28. The summed E-state index contributed by atoms with van der Waals surface area (Å²) in [6, 6.07) is 9.59. The molecule has 1 aromatic carbocycles. The maximum atomic E-state index is 12.0. The first-order valence-corrected chi connectivity index (χ1v) is 9.15. The number of aliphatic hydroxyl groups is 1. The fourth-order valence-electron chi connectivity index (χ4n) is 2.77. The van der Waals surface area contributed by atoms with Crippen LogP contribution in [-0.4, -0.2) is 39.0 Å². The highest BCUT2D eigenvalue weighted by Crippen LogP contribution is 2.37. The Morgan fingerprint density at radius 3 is 2.70 bits per heavy atom. The molecule has 1 aromatic heterocycles. The van der Waals surface area contributed by atoms with E-state index in [2.05, 4.69) is 4.98 Å². The molecule has 1 fully saturated rings. The van der Waals surface area contributed by atoms with E-state index in [1.807, 2.05) is 0 Å². The van der Waals surface area contributed by atoms with Crippen molar-refractivity contribution in [3.63, 3.8) is 0 Å². The molecule has 144 valence electrons. The van der Waals surface area contributed by atoms with Crippen molar-refractivity contribution >= 4 is 8.25 Å². The molecule has 4 N–H and O–H groups in total. The van der Waals surface area contributed by atoms with Gasteiger partial charge < -0.3 is 15.6 Å². The highest BCUT2D eigenvalue weighted by atomic mass is 31.1. The van der Waals surface area contributed by atoms with Crippen LogP contribution in [0.5, 0.6) is 5.75 Å². The molecule has 0 amide bonds. The third-order valence-corrected chi connectivity index (χ3v) is 4.92. The standard InChI is InChI=1S/C16H18N3O7P/c1-16(17)13(21)11(9-24-27(23)26-10-5-3-2-4-6-10)25-14(16)19-8-7-12(20)18-15(19)22/h2-8,11,13-14,21H,9,17H2,1H3/p+1/t11-,13-,14-,16-/m1/s1. The molecule has 1 aliphatic rings. The van der Waals surface area contributed by atoms with Crippen molar-refractivity contribution in [3.05, 3.63) is 63.4 Å². The number of nitrogens with zero attached hydrogens (tertiary/aromatic N) is 1. The van der Waals surface area contributed by atoms with Crippen molar-refractivity contribution in [1.82, 2.24) is 9.55 Å². The van der Waals surface area contributed by atoms with Crippen molar-refractivity contribution in [2.45, 2.75) is 30.9 Å². The molecular formula is C16H19N3O7P+. The number of para-hydroxylation sites is 1. The number of rotatable bonds is 6. The number of nitrogens with two attached hydrogens (primary N) is 1. The minimum absolute atomic E-state index is 0.273. The van der Waals surface area contributed by atoms with Gasteiger partial charge in [-0.05, 0) is 19.1 Å². The van der Waals surface area contributed by atoms with E-state index < -0.39 is 43.5 Å². The highest BCUT2D eigenvalue weighted by Gasteiger charge is 2.52. The Hall–Kier alpha value is -2.36. The molecule has 5 atom stereocenters. The van der Waals surface area contributed by atoms with Gasteiger partial charge in [-0.2, -0.15) is 0 Å². The van der Waals surface area contributed by atoms with Gasteiger partial charge in [0.1, 0.15) is 18.8 Å². The Bertz CT molecular complexity index is 927. The summed E-state index contributed by atoms with van der Waals surface area (Å²) in [6.07, 6.45) is -2.01. The van der Waals surface area contributed by atoms with Crippen LogP contribution in [-0.2, 0) is 13.8 Å². The van der Waals surface area contributed by atoms with E-state index in [0.29, 0.717) is 5.75 Å². The summed E-state index contributed by atoms with van der Waals surface area (Å²) in [5, 5.41) is 10.4. The number of hydrogen-bond donors (Lipinski definition) is 3. The second kappa shape index (κ2) is 7.71. The van der Waals surface area contributed by atoms with Crippen LogP contribution >= 0.6 is 8.25 Å². The lowest BCUT2D eigenvalue weighted by Crippen LogP contribution is -2.53. The zero-order valence-corrected chi connectivity index (χ0v) is 15.2. The van der Waals surface area contributed by atoms with Gasteiger partial charge in [-0.25, -0.2) is 9.32 Å². The molecule has 27 heavy (non-hydrogen) atoms. The van der Waals surface area contributed by atoms with Crippen LogP contribution in [0.4, 0.5) is 0 Å². The Morgan fingerprint density at radius 2 is 2.04 bits per heavy atom. The maximum absolute atomic E-state index is 12.0. The molecule has 0 saturated carbocycles. The first-order chi connectivity index (χ1) is 12.8. The van der Waals surface area contributed by atoms with E-state index >= 15 is 0 Å². The lowest BCUT2D eigenvalue weighted by molar-refractivity contribution is -0.0442. The monoisotopic (exact) mass is 396 g/mol. The average molecular weight is 396 g/mol. The van der Waals surface area contributed by atoms with Gasteiger partial charge in [0, 0.05) is 16.8 Å². The van der Waals surface area contributed by atoms with Gasteiger partial charge in [-0.1, -0.05) is 18.2 Å². The Balaban J connectivity index is 1.68. The van der Waals surface area contributed by atoms with Crippen molar-refractivity contribution in [2.24, 2.45) is 5.73 Å². The van der Waals surface area contributed by atoms with Gasteiger partial charge in [0.25, 0.3) is 5.56 Å². The minimum Gasteiger partial charge on any atom is -0.388 e. The summed E-state index contributed by atoms with van der Waals surface area (Å²) in [7, 11) is -2.50. The van der Waals surface area contributed by atoms with Crippen LogP contribution in [0.3, 0.4) is 0 Å². The van der Waals surface area contributed by atoms with Gasteiger partial charge in [0.05, 0.1) is 5.54 Å². The molecule has 10 nitrogen and oxygen atoms in total. The third-order valence-electron chi connectivity index (χ3n) is 4.20. The molecule has 1 aliphatic heterocycles. The van der Waals surface area contributed by atoms with Crippen LogP contribution < -0.4 is 21.5 Å². The van der Waals surface area contributed by atoms with E-state index in [1.54, 1.807) is 30.3 Å². The van der Waals surface area contributed by atoms with E-state index in [9.17, 15) is 19.3 Å². The molecule has 0 spiro atoms. The predicted octanol–water partition coefficient (Wildman–Crippen LogP) is 0.265. The van der Waals surface area contributed by atoms with E-state index in [4.69, 9.17) is 19.5 Å². The normalized spacial score (nSPS) is 28.1. The average Bonchev–Trinajstić information content (AvgIpc) is 2.84. The highest BCUT2D eigenvalue weighted by molar-refractivity contribution is 7.33. The Labute approximate surface area is 154 Å². The second-order valence-corrected chi connectivity index (χ2v) is 7.17. The number of aromatic amines is 1. The SMILES string of the molecule is C[C@@]1(N)[C@H](O)[C@@H](CO[P+](=O)Oc2ccccc2)O[C@H]1n1ccc(=O)[nH]c1=O. The van der Waals surface area contributed by atoms with Gasteiger partial charge in [0.2, 0.25) is 0 Å². The third kappa shape index (κ3) is 4.15. The lowest BCUT2D eigenvalue weighted by Gasteiger charge is -2.28. The minimum atomic E-state index is -2.50. The van der Waals surface area contributed by atoms with E-state index in [0.717, 1.165) is 10.6 Å². The summed E-state index contributed by atoms with van der Waals surface area (Å²) in [4.78, 5) is 25.3. The Morgan fingerprint density at radius 1 is 1.33 bits per heavy atom. The zero-order valence-electron chi connectivity index (χ0n) is 14.3. The molecule has 1 unspecified atom stereocenters. The molecular weight excluding hydrogens is 377 g/mol. The van der Waals surface area contributed by atoms with Crippen LogP contribution in [0.2, 0.25) is 0 Å². The van der Waals surface area contributed by atoms with Crippen molar-refractivity contribution in [2.75, 3.05) is 6.61 Å². The molecule has 0 radical (unpaired) electrons. The number of hydrogen-bond acceptors (Lipinski definition) is 8. The summed E-state index contributed by atoms with van der Waals surface area (Å²) >= 11 is 0. The van der Waals surface area contributed by atoms with Crippen molar-refractivity contribution in [3.8, 4) is 5.75 Å². The number of benzene rings is 1. The van der Waals surface area contributed by atoms with Gasteiger partial charge in [-0.3, -0.25) is 14.3 Å². The zero-order chi connectivity index (χ0) is 19.6. The quantitative estimate of drug-likeness (QED) is 0.590. The van der Waals surface area contributed by atoms with E-state index in [-0.39, 0.29) is 6.61 Å². The molecule has 2 heterocycles. The molecule has 1 saturated heterocycles. The van der Waals surface area contributed by atoms with Crippen LogP contribution in [0.1, 0.15) is 13.2 Å². The van der Waals surface area contributed by atoms with Gasteiger partial charge in [0.15, 0.2) is 12.0 Å². The van der Waals surface area contributed by atoms with Gasteiger partial charge in [-0.15, -0.1) is 4.52 Å². The first kappa shape index (κ1) is 19.4. The van der Waals surface area contributed by atoms with Crippen molar-refractivity contribution in [1.29, 1.82) is 0 Å². The summed E-state index contributed by atoms with van der Waals surface area (Å²) in [5.41, 5.74) is 3.49. The number of aliphatic hydroxyl groups excluding tert-OH is 1. The molecule has 3 rings (SSSR count). The van der Waals surface area contributed by atoms with Crippen LogP contribution in [0, 0.1) is 0 Å². The number of nitrogens with one attached hydrogen (secondary N) is 1. The van der Waals surface area contributed by atoms with Crippen LogP contribution in [0.15, 0.2) is 52.2 Å². The summed E-state index contributed by atoms with van der Waals surface area (Å²) in [5.74, 6) is 0.368. The molecule has 2 aromatic rings. The Kier molecular flexibility index (Phi) is 5.54. The maximum Gasteiger partial charge on any atom is 0.750 e. The lowest BCUT2D eigenvalue weighted by atomic mass is 9.93. The summed E-state index contributed by atoms with van der Waals surface area (Å²) < 4.78 is 28.9. The number of aromatic nitrogens is 2.